The van der Waals surface area contributed by atoms with Crippen LogP contribution in [0, 0.1) is 6.92 Å². The van der Waals surface area contributed by atoms with Gasteiger partial charge in [-0.3, -0.25) is 4.98 Å². The van der Waals surface area contributed by atoms with Gasteiger partial charge in [-0.2, -0.15) is 0 Å². The van der Waals surface area contributed by atoms with Crippen LogP contribution in [0.3, 0.4) is 0 Å². The highest BCUT2D eigenvalue weighted by atomic mass is 35.5. The van der Waals surface area contributed by atoms with Crippen LogP contribution in [0.4, 0.5) is 0 Å². The summed E-state index contributed by atoms with van der Waals surface area (Å²) in [5.41, 5.74) is 2.45. The van der Waals surface area contributed by atoms with E-state index in [1.165, 1.54) is 0 Å². The Hall–Kier alpha value is -1.35. The predicted octanol–water partition coefficient (Wildman–Crippen LogP) is 2.60. The zero-order chi connectivity index (χ0) is 10.1. The lowest BCUT2D eigenvalue weighted by Crippen LogP contribution is -1.90. The summed E-state index contributed by atoms with van der Waals surface area (Å²) >= 11 is 5.95. The van der Waals surface area contributed by atoms with Gasteiger partial charge in [0, 0.05) is 12.3 Å². The first kappa shape index (κ1) is 9.21. The topological polar surface area (TPSA) is 35.0 Å². The van der Waals surface area contributed by atoms with E-state index in [0.29, 0.717) is 10.8 Å². The largest absolute Gasteiger partial charge is 0.495 e. The van der Waals surface area contributed by atoms with Gasteiger partial charge in [0.25, 0.3) is 0 Å². The Balaban J connectivity index is 2.73. The molecule has 0 aliphatic carbocycles. The van der Waals surface area contributed by atoms with Crippen molar-refractivity contribution in [1.82, 2.24) is 9.97 Å². The van der Waals surface area contributed by atoms with E-state index in [9.17, 15) is 0 Å². The van der Waals surface area contributed by atoms with Crippen LogP contribution in [0.25, 0.3) is 11.0 Å². The quantitative estimate of drug-likeness (QED) is 0.723. The number of halogens is 1. The molecule has 4 heteroatoms. The van der Waals surface area contributed by atoms with Gasteiger partial charge in [0.05, 0.1) is 28.9 Å². The van der Waals surface area contributed by atoms with E-state index < -0.39 is 0 Å². The molecule has 14 heavy (non-hydrogen) atoms. The minimum absolute atomic E-state index is 0.554. The lowest BCUT2D eigenvalue weighted by atomic mass is 10.3. The third-order valence-electron chi connectivity index (χ3n) is 1.94. The Kier molecular flexibility index (Phi) is 2.25. The number of methoxy groups -OCH3 is 1. The fourth-order valence-corrected chi connectivity index (χ4v) is 1.50. The average molecular weight is 209 g/mol. The summed E-state index contributed by atoms with van der Waals surface area (Å²) in [5, 5.41) is 0.554. The molecule has 2 rings (SSSR count). The summed E-state index contributed by atoms with van der Waals surface area (Å²) in [6, 6.07) is 3.54. The Labute approximate surface area is 86.7 Å². The van der Waals surface area contributed by atoms with Gasteiger partial charge in [0.1, 0.15) is 5.75 Å². The number of rotatable bonds is 1. The molecule has 0 aliphatic rings. The SMILES string of the molecule is COc1cc2nc(C)cnc2cc1Cl. The van der Waals surface area contributed by atoms with Crippen LogP contribution < -0.4 is 4.74 Å². The summed E-state index contributed by atoms with van der Waals surface area (Å²) in [5.74, 6) is 0.624. The zero-order valence-electron chi connectivity index (χ0n) is 7.91. The van der Waals surface area contributed by atoms with Crippen LogP contribution in [0.1, 0.15) is 5.69 Å². The van der Waals surface area contributed by atoms with Crippen LogP contribution >= 0.6 is 11.6 Å². The molecule has 0 unspecified atom stereocenters. The third kappa shape index (κ3) is 1.51. The van der Waals surface area contributed by atoms with E-state index in [1.54, 1.807) is 25.4 Å². The average Bonchev–Trinajstić information content (AvgIpc) is 2.17. The van der Waals surface area contributed by atoms with E-state index in [0.717, 1.165) is 16.7 Å². The number of ether oxygens (including phenoxy) is 1. The van der Waals surface area contributed by atoms with E-state index >= 15 is 0 Å². The van der Waals surface area contributed by atoms with Crippen molar-refractivity contribution in [2.45, 2.75) is 6.92 Å². The third-order valence-corrected chi connectivity index (χ3v) is 2.23. The molecule has 0 spiro atoms. The van der Waals surface area contributed by atoms with Gasteiger partial charge in [-0.1, -0.05) is 11.6 Å². The molecular formula is C10H9ClN2O. The van der Waals surface area contributed by atoms with Crippen LogP contribution in [0.5, 0.6) is 5.75 Å². The van der Waals surface area contributed by atoms with Gasteiger partial charge in [0.2, 0.25) is 0 Å². The fourth-order valence-electron chi connectivity index (χ4n) is 1.26. The molecule has 2 aromatic rings. The highest BCUT2D eigenvalue weighted by Crippen LogP contribution is 2.27. The minimum Gasteiger partial charge on any atom is -0.495 e. The monoisotopic (exact) mass is 208 g/mol. The van der Waals surface area contributed by atoms with Crippen molar-refractivity contribution in [1.29, 1.82) is 0 Å². The van der Waals surface area contributed by atoms with E-state index in [2.05, 4.69) is 9.97 Å². The van der Waals surface area contributed by atoms with Gasteiger partial charge in [-0.05, 0) is 13.0 Å². The number of hydrogen-bond donors (Lipinski definition) is 0. The van der Waals surface area contributed by atoms with Crippen LogP contribution in [0.2, 0.25) is 5.02 Å². The molecule has 0 saturated heterocycles. The molecule has 0 bridgehead atoms. The van der Waals surface area contributed by atoms with Gasteiger partial charge >= 0.3 is 0 Å². The maximum atomic E-state index is 5.95. The first-order chi connectivity index (χ1) is 6.70. The van der Waals surface area contributed by atoms with Gasteiger partial charge in [-0.15, -0.1) is 0 Å². The molecule has 1 aromatic carbocycles. The smallest absolute Gasteiger partial charge is 0.139 e. The lowest BCUT2D eigenvalue weighted by Gasteiger charge is -2.04. The molecule has 0 atom stereocenters. The Morgan fingerprint density at radius 2 is 2.07 bits per heavy atom. The second-order valence-corrected chi connectivity index (χ2v) is 3.39. The summed E-state index contributed by atoms with van der Waals surface area (Å²) in [7, 11) is 1.58. The van der Waals surface area contributed by atoms with E-state index in [-0.39, 0.29) is 0 Å². The summed E-state index contributed by atoms with van der Waals surface area (Å²) in [4.78, 5) is 8.54. The molecule has 72 valence electrons. The normalized spacial score (nSPS) is 10.5. The molecule has 0 aliphatic heterocycles. The Morgan fingerprint density at radius 3 is 2.79 bits per heavy atom. The maximum Gasteiger partial charge on any atom is 0.139 e. The van der Waals surface area contributed by atoms with Crippen molar-refractivity contribution in [3.8, 4) is 5.75 Å². The second-order valence-electron chi connectivity index (χ2n) is 2.99. The first-order valence-corrected chi connectivity index (χ1v) is 4.55. The molecule has 3 nitrogen and oxygen atoms in total. The molecule has 1 aromatic heterocycles. The van der Waals surface area contributed by atoms with Gasteiger partial charge < -0.3 is 4.74 Å². The number of aromatic nitrogens is 2. The number of benzene rings is 1. The molecular weight excluding hydrogens is 200 g/mol. The van der Waals surface area contributed by atoms with Gasteiger partial charge in [-0.25, -0.2) is 4.98 Å². The molecule has 1 heterocycles. The number of aryl methyl sites for hydroxylation is 1. The minimum atomic E-state index is 0.554. The number of nitrogens with zero attached hydrogens (tertiary/aromatic N) is 2. The standard InChI is InChI=1S/C10H9ClN2O/c1-6-5-12-8-3-7(11)10(14-2)4-9(8)13-6/h3-5H,1-2H3. The van der Waals surface area contributed by atoms with Crippen LogP contribution in [0.15, 0.2) is 18.3 Å². The molecule has 0 amide bonds. The lowest BCUT2D eigenvalue weighted by molar-refractivity contribution is 0.415. The van der Waals surface area contributed by atoms with Crippen molar-refractivity contribution < 1.29 is 4.74 Å². The van der Waals surface area contributed by atoms with E-state index in [1.807, 2.05) is 6.92 Å². The van der Waals surface area contributed by atoms with Crippen LogP contribution in [-0.4, -0.2) is 17.1 Å². The number of fused-ring (bicyclic) bond motifs is 1. The van der Waals surface area contributed by atoms with E-state index in [4.69, 9.17) is 16.3 Å². The second kappa shape index (κ2) is 3.42. The summed E-state index contributed by atoms with van der Waals surface area (Å²) in [6.07, 6.45) is 1.71. The summed E-state index contributed by atoms with van der Waals surface area (Å²) in [6.45, 7) is 1.90. The molecule has 0 fully saturated rings. The summed E-state index contributed by atoms with van der Waals surface area (Å²) < 4.78 is 5.09. The maximum absolute atomic E-state index is 5.95. The Bertz CT molecular complexity index is 485. The Morgan fingerprint density at radius 1 is 1.29 bits per heavy atom. The molecule has 0 N–H and O–H groups in total. The number of hydrogen-bond acceptors (Lipinski definition) is 3. The predicted molar refractivity (Wildman–Crippen MR) is 55.8 cm³/mol. The van der Waals surface area contributed by atoms with Crippen LogP contribution in [-0.2, 0) is 0 Å². The molecule has 0 radical (unpaired) electrons. The van der Waals surface area contributed by atoms with Crippen molar-refractivity contribution in [2.24, 2.45) is 0 Å². The van der Waals surface area contributed by atoms with Crippen molar-refractivity contribution in [3.05, 3.63) is 29.0 Å². The van der Waals surface area contributed by atoms with Crippen molar-refractivity contribution in [3.63, 3.8) is 0 Å². The van der Waals surface area contributed by atoms with Crippen molar-refractivity contribution in [2.75, 3.05) is 7.11 Å². The fraction of sp³-hybridized carbons (Fsp3) is 0.200. The first-order valence-electron chi connectivity index (χ1n) is 4.17. The highest BCUT2D eigenvalue weighted by molar-refractivity contribution is 6.32. The zero-order valence-corrected chi connectivity index (χ0v) is 8.67. The van der Waals surface area contributed by atoms with Gasteiger partial charge in [0.15, 0.2) is 0 Å². The van der Waals surface area contributed by atoms with Crippen molar-refractivity contribution >= 4 is 22.6 Å². The molecule has 0 saturated carbocycles. The highest BCUT2D eigenvalue weighted by Gasteiger charge is 2.04.